The third kappa shape index (κ3) is 5.77. The number of rotatable bonds is 8. The van der Waals surface area contributed by atoms with Crippen LogP contribution >= 0.6 is 0 Å². The lowest BCUT2D eigenvalue weighted by Gasteiger charge is -2.16. The molecule has 0 aliphatic heterocycles. The van der Waals surface area contributed by atoms with Crippen LogP contribution in [-0.2, 0) is 9.53 Å². The second-order valence-electron chi connectivity index (χ2n) is 6.42. The molecular formula is C20H22N4O6. The number of nitro benzene ring substituents is 1. The second kappa shape index (κ2) is 10.0. The highest BCUT2D eigenvalue weighted by atomic mass is 16.6. The summed E-state index contributed by atoms with van der Waals surface area (Å²) in [6.45, 7) is 1.67. The van der Waals surface area contributed by atoms with Crippen molar-refractivity contribution in [1.29, 1.82) is 0 Å². The average molecular weight is 414 g/mol. The Morgan fingerprint density at radius 1 is 1.13 bits per heavy atom. The van der Waals surface area contributed by atoms with Crippen molar-refractivity contribution in [3.8, 4) is 0 Å². The monoisotopic (exact) mass is 414 g/mol. The molecule has 0 spiro atoms. The van der Waals surface area contributed by atoms with E-state index in [0.29, 0.717) is 23.5 Å². The zero-order valence-corrected chi connectivity index (χ0v) is 16.8. The number of non-ortho nitro benzene ring substituents is 1. The minimum atomic E-state index is -0.867. The predicted octanol–water partition coefficient (Wildman–Crippen LogP) is 2.21. The normalized spacial score (nSPS) is 10.1. The van der Waals surface area contributed by atoms with Gasteiger partial charge in [0.25, 0.3) is 17.5 Å². The first-order valence-corrected chi connectivity index (χ1v) is 9.04. The number of amides is 2. The molecule has 0 saturated heterocycles. The molecule has 2 N–H and O–H groups in total. The molecule has 0 radical (unpaired) electrons. The van der Waals surface area contributed by atoms with Crippen molar-refractivity contribution in [3.63, 3.8) is 0 Å². The summed E-state index contributed by atoms with van der Waals surface area (Å²) in [6, 6.07) is 10.1. The van der Waals surface area contributed by atoms with Gasteiger partial charge in [-0.05, 0) is 31.2 Å². The predicted molar refractivity (Wildman–Crippen MR) is 111 cm³/mol. The first kappa shape index (κ1) is 22.3. The number of hydrogen-bond donors (Lipinski definition) is 2. The Labute approximate surface area is 173 Å². The van der Waals surface area contributed by atoms with E-state index in [-0.39, 0.29) is 17.2 Å². The molecule has 158 valence electrons. The van der Waals surface area contributed by atoms with Gasteiger partial charge in [-0.3, -0.25) is 19.7 Å². The Hall–Kier alpha value is -3.95. The topological polar surface area (TPSA) is 131 Å². The van der Waals surface area contributed by atoms with E-state index in [9.17, 15) is 24.5 Å². The van der Waals surface area contributed by atoms with Gasteiger partial charge in [0.2, 0.25) is 0 Å². The third-order valence-corrected chi connectivity index (χ3v) is 3.97. The van der Waals surface area contributed by atoms with Gasteiger partial charge in [-0.15, -0.1) is 0 Å². The minimum Gasteiger partial charge on any atom is -0.452 e. The van der Waals surface area contributed by atoms with E-state index in [4.69, 9.17) is 4.74 Å². The number of benzene rings is 2. The highest BCUT2D eigenvalue weighted by Gasteiger charge is 2.20. The van der Waals surface area contributed by atoms with Crippen molar-refractivity contribution in [1.82, 2.24) is 5.32 Å². The van der Waals surface area contributed by atoms with Crippen LogP contribution in [0.5, 0.6) is 0 Å². The Balaban J connectivity index is 2.06. The number of nitrogens with one attached hydrogen (secondary N) is 2. The molecule has 0 unspecified atom stereocenters. The summed E-state index contributed by atoms with van der Waals surface area (Å²) in [7, 11) is 3.35. The van der Waals surface area contributed by atoms with Gasteiger partial charge >= 0.3 is 5.97 Å². The molecule has 0 aliphatic rings. The maximum Gasteiger partial charge on any atom is 0.341 e. The largest absolute Gasteiger partial charge is 0.452 e. The van der Waals surface area contributed by atoms with Gasteiger partial charge in [0.15, 0.2) is 6.61 Å². The van der Waals surface area contributed by atoms with Gasteiger partial charge in [0, 0.05) is 44.0 Å². The second-order valence-corrected chi connectivity index (χ2v) is 6.42. The van der Waals surface area contributed by atoms with Gasteiger partial charge in [-0.25, -0.2) is 4.79 Å². The van der Waals surface area contributed by atoms with Crippen molar-refractivity contribution in [2.45, 2.75) is 6.92 Å². The lowest BCUT2D eigenvalue weighted by Crippen LogP contribution is -2.24. The van der Waals surface area contributed by atoms with E-state index in [1.165, 1.54) is 18.2 Å². The maximum absolute atomic E-state index is 12.4. The molecule has 0 heterocycles. The zero-order chi connectivity index (χ0) is 22.3. The van der Waals surface area contributed by atoms with E-state index in [2.05, 4.69) is 10.6 Å². The maximum atomic E-state index is 12.4. The van der Waals surface area contributed by atoms with Crippen LogP contribution in [0.4, 0.5) is 17.1 Å². The summed E-state index contributed by atoms with van der Waals surface area (Å²) < 4.78 is 5.02. The Bertz CT molecular complexity index is 974. The highest BCUT2D eigenvalue weighted by molar-refractivity contribution is 6.00. The number of carbonyl (C=O) groups excluding carboxylic acids is 3. The van der Waals surface area contributed by atoms with Gasteiger partial charge in [0.05, 0.1) is 16.2 Å². The molecule has 0 aromatic heterocycles. The van der Waals surface area contributed by atoms with Crippen LogP contribution in [-0.4, -0.2) is 50.0 Å². The summed E-state index contributed by atoms with van der Waals surface area (Å²) in [4.78, 5) is 48.4. The van der Waals surface area contributed by atoms with Gasteiger partial charge in [0.1, 0.15) is 0 Å². The molecule has 2 aromatic rings. The number of carbonyl (C=O) groups is 3. The lowest BCUT2D eigenvalue weighted by molar-refractivity contribution is -0.384. The van der Waals surface area contributed by atoms with Crippen molar-refractivity contribution < 1.29 is 24.0 Å². The van der Waals surface area contributed by atoms with Crippen molar-refractivity contribution in [2.24, 2.45) is 0 Å². The molecule has 2 rings (SSSR count). The van der Waals surface area contributed by atoms with Gasteiger partial charge < -0.3 is 20.3 Å². The number of anilines is 2. The van der Waals surface area contributed by atoms with Crippen LogP contribution in [0, 0.1) is 10.1 Å². The standard InChI is InChI=1S/C20H22N4O6/c1-4-21-19(26)13-6-5-7-14(10-13)22-18(25)12-30-20(27)16-11-15(24(28)29)8-9-17(16)23(2)3/h5-11H,4,12H2,1-3H3,(H,21,26)(H,22,25). The van der Waals surface area contributed by atoms with E-state index >= 15 is 0 Å². The molecule has 0 bridgehead atoms. The Morgan fingerprint density at radius 2 is 1.87 bits per heavy atom. The minimum absolute atomic E-state index is 0.0276. The van der Waals surface area contributed by atoms with Crippen molar-refractivity contribution >= 4 is 34.8 Å². The number of esters is 1. The fraction of sp³-hybridized carbons (Fsp3) is 0.250. The summed E-state index contributed by atoms with van der Waals surface area (Å²) in [5, 5.41) is 16.2. The van der Waals surface area contributed by atoms with E-state index in [1.807, 2.05) is 0 Å². The number of ether oxygens (including phenoxy) is 1. The SMILES string of the molecule is CCNC(=O)c1cccc(NC(=O)COC(=O)c2cc([N+](=O)[O-])ccc2N(C)C)c1. The molecule has 10 heteroatoms. The molecule has 0 atom stereocenters. The molecule has 2 aromatic carbocycles. The summed E-state index contributed by atoms with van der Waals surface area (Å²) in [5.41, 5.74) is 0.864. The van der Waals surface area contributed by atoms with Crippen LogP contribution in [0.15, 0.2) is 42.5 Å². The van der Waals surface area contributed by atoms with Gasteiger partial charge in [-0.2, -0.15) is 0 Å². The molecule has 0 fully saturated rings. The number of nitrogens with zero attached hydrogens (tertiary/aromatic N) is 2. The molecule has 0 saturated carbocycles. The molecule has 2 amide bonds. The Kier molecular flexibility index (Phi) is 7.45. The van der Waals surface area contributed by atoms with Crippen LogP contribution in [0.3, 0.4) is 0 Å². The highest BCUT2D eigenvalue weighted by Crippen LogP contribution is 2.25. The third-order valence-electron chi connectivity index (χ3n) is 3.97. The lowest BCUT2D eigenvalue weighted by atomic mass is 10.1. The fourth-order valence-electron chi connectivity index (χ4n) is 2.60. The summed E-state index contributed by atoms with van der Waals surface area (Å²) >= 11 is 0. The van der Waals surface area contributed by atoms with Crippen LogP contribution in [0.25, 0.3) is 0 Å². The fourth-order valence-corrected chi connectivity index (χ4v) is 2.60. The van der Waals surface area contributed by atoms with Crippen molar-refractivity contribution in [3.05, 3.63) is 63.7 Å². The average Bonchev–Trinajstić information content (AvgIpc) is 2.71. The molecule has 0 aliphatic carbocycles. The summed E-state index contributed by atoms with van der Waals surface area (Å²) in [5.74, 6) is -1.76. The summed E-state index contributed by atoms with van der Waals surface area (Å²) in [6.07, 6.45) is 0. The molecular weight excluding hydrogens is 392 g/mol. The molecule has 10 nitrogen and oxygen atoms in total. The molecule has 30 heavy (non-hydrogen) atoms. The van der Waals surface area contributed by atoms with Crippen molar-refractivity contribution in [2.75, 3.05) is 37.5 Å². The van der Waals surface area contributed by atoms with Crippen LogP contribution in [0.1, 0.15) is 27.6 Å². The van der Waals surface area contributed by atoms with E-state index < -0.39 is 23.4 Å². The van der Waals surface area contributed by atoms with Crippen LogP contribution < -0.4 is 15.5 Å². The number of nitro groups is 1. The van der Waals surface area contributed by atoms with Gasteiger partial charge in [-0.1, -0.05) is 6.07 Å². The smallest absolute Gasteiger partial charge is 0.341 e. The van der Waals surface area contributed by atoms with Crippen LogP contribution in [0.2, 0.25) is 0 Å². The van der Waals surface area contributed by atoms with E-state index in [0.717, 1.165) is 6.07 Å². The first-order valence-electron chi connectivity index (χ1n) is 9.04. The van der Waals surface area contributed by atoms with E-state index in [1.54, 1.807) is 44.1 Å². The zero-order valence-electron chi connectivity index (χ0n) is 16.8. The number of hydrogen-bond acceptors (Lipinski definition) is 7. The quantitative estimate of drug-likeness (QED) is 0.385. The first-order chi connectivity index (χ1) is 14.2. The Morgan fingerprint density at radius 3 is 2.50 bits per heavy atom.